The smallest absolute Gasteiger partial charge is 0.190 e. The standard InChI is InChI=1S/C13H15ClN4S/c1-18-13(16-8-17-18)19-11-5-2-9(12(14)6-11)7-15-10-3-4-10/h2,5-6,8,10,15H,3-4,7H2,1H3. The Morgan fingerprint density at radius 3 is 2.95 bits per heavy atom. The van der Waals surface area contributed by atoms with Crippen LogP contribution in [0.1, 0.15) is 18.4 Å². The molecule has 1 heterocycles. The molecule has 1 saturated carbocycles. The number of hydrogen-bond donors (Lipinski definition) is 1. The van der Waals surface area contributed by atoms with Crippen molar-refractivity contribution in [2.75, 3.05) is 0 Å². The molecule has 0 atom stereocenters. The molecule has 1 aromatic carbocycles. The lowest BCUT2D eigenvalue weighted by molar-refractivity contribution is 0.684. The van der Waals surface area contributed by atoms with Gasteiger partial charge in [0.2, 0.25) is 0 Å². The largest absolute Gasteiger partial charge is 0.310 e. The van der Waals surface area contributed by atoms with Gasteiger partial charge in [-0.15, -0.1) is 0 Å². The molecular formula is C13H15ClN4S. The van der Waals surface area contributed by atoms with E-state index in [4.69, 9.17) is 11.6 Å². The minimum atomic E-state index is 0.698. The van der Waals surface area contributed by atoms with Crippen LogP contribution in [0.2, 0.25) is 5.02 Å². The van der Waals surface area contributed by atoms with Gasteiger partial charge in [0.1, 0.15) is 6.33 Å². The van der Waals surface area contributed by atoms with Crippen molar-refractivity contribution in [3.05, 3.63) is 35.1 Å². The minimum absolute atomic E-state index is 0.698. The number of benzene rings is 1. The zero-order valence-electron chi connectivity index (χ0n) is 10.6. The molecule has 1 aliphatic carbocycles. The summed E-state index contributed by atoms with van der Waals surface area (Å²) in [4.78, 5) is 5.27. The van der Waals surface area contributed by atoms with Gasteiger partial charge in [-0.3, -0.25) is 0 Å². The quantitative estimate of drug-likeness (QED) is 0.921. The Morgan fingerprint density at radius 2 is 2.32 bits per heavy atom. The predicted molar refractivity (Wildman–Crippen MR) is 76.4 cm³/mol. The lowest BCUT2D eigenvalue weighted by Gasteiger charge is -2.07. The lowest BCUT2D eigenvalue weighted by atomic mass is 10.2. The third kappa shape index (κ3) is 3.29. The molecule has 0 amide bonds. The van der Waals surface area contributed by atoms with Gasteiger partial charge in [0, 0.05) is 29.6 Å². The summed E-state index contributed by atoms with van der Waals surface area (Å²) in [7, 11) is 1.88. The van der Waals surface area contributed by atoms with Crippen molar-refractivity contribution < 1.29 is 0 Å². The first-order chi connectivity index (χ1) is 9.22. The van der Waals surface area contributed by atoms with Crippen molar-refractivity contribution in [1.82, 2.24) is 20.1 Å². The summed E-state index contributed by atoms with van der Waals surface area (Å²) < 4.78 is 1.75. The normalized spacial score (nSPS) is 14.8. The van der Waals surface area contributed by atoms with Gasteiger partial charge >= 0.3 is 0 Å². The van der Waals surface area contributed by atoms with Crippen LogP contribution in [0.25, 0.3) is 0 Å². The highest BCUT2D eigenvalue weighted by molar-refractivity contribution is 7.99. The summed E-state index contributed by atoms with van der Waals surface area (Å²) in [6.45, 7) is 0.846. The summed E-state index contributed by atoms with van der Waals surface area (Å²) in [6.07, 6.45) is 4.13. The number of halogens is 1. The summed E-state index contributed by atoms with van der Waals surface area (Å²) in [5.41, 5.74) is 1.15. The van der Waals surface area contributed by atoms with Crippen LogP contribution in [0, 0.1) is 0 Å². The zero-order chi connectivity index (χ0) is 13.2. The zero-order valence-corrected chi connectivity index (χ0v) is 12.2. The minimum Gasteiger partial charge on any atom is -0.310 e. The van der Waals surface area contributed by atoms with Crippen molar-refractivity contribution >= 4 is 23.4 Å². The molecular weight excluding hydrogens is 280 g/mol. The highest BCUT2D eigenvalue weighted by Crippen LogP contribution is 2.29. The highest BCUT2D eigenvalue weighted by Gasteiger charge is 2.20. The number of nitrogens with zero attached hydrogens (tertiary/aromatic N) is 3. The van der Waals surface area contributed by atoms with Gasteiger partial charge in [-0.05, 0) is 30.5 Å². The Balaban J connectivity index is 1.69. The van der Waals surface area contributed by atoms with Gasteiger partial charge < -0.3 is 5.32 Å². The maximum atomic E-state index is 6.32. The van der Waals surface area contributed by atoms with Crippen LogP contribution in [-0.2, 0) is 13.6 Å². The van der Waals surface area contributed by atoms with E-state index in [1.807, 2.05) is 13.1 Å². The molecule has 0 aliphatic heterocycles. The Bertz CT molecular complexity index is 580. The van der Waals surface area contributed by atoms with Crippen molar-refractivity contribution in [1.29, 1.82) is 0 Å². The second-order valence-corrected chi connectivity index (χ2v) is 6.12. The van der Waals surface area contributed by atoms with Crippen LogP contribution < -0.4 is 5.32 Å². The number of aromatic nitrogens is 3. The van der Waals surface area contributed by atoms with E-state index in [9.17, 15) is 0 Å². The fourth-order valence-corrected chi connectivity index (χ4v) is 2.87. The van der Waals surface area contributed by atoms with Gasteiger partial charge in [0.25, 0.3) is 0 Å². The monoisotopic (exact) mass is 294 g/mol. The van der Waals surface area contributed by atoms with E-state index >= 15 is 0 Å². The Morgan fingerprint density at radius 1 is 1.47 bits per heavy atom. The molecule has 1 aliphatic rings. The van der Waals surface area contributed by atoms with Gasteiger partial charge in [-0.25, -0.2) is 9.67 Å². The van der Waals surface area contributed by atoms with Crippen molar-refractivity contribution in [3.8, 4) is 0 Å². The van der Waals surface area contributed by atoms with Crippen LogP contribution in [0.5, 0.6) is 0 Å². The van der Waals surface area contributed by atoms with Crippen LogP contribution in [0.4, 0.5) is 0 Å². The Hall–Kier alpha value is -1.04. The summed E-state index contributed by atoms with van der Waals surface area (Å²) >= 11 is 7.88. The molecule has 1 N–H and O–H groups in total. The van der Waals surface area contributed by atoms with Gasteiger partial charge in [0.15, 0.2) is 5.16 Å². The molecule has 0 spiro atoms. The van der Waals surface area contributed by atoms with E-state index in [-0.39, 0.29) is 0 Å². The first-order valence-electron chi connectivity index (χ1n) is 6.26. The van der Waals surface area contributed by atoms with Gasteiger partial charge in [-0.1, -0.05) is 29.4 Å². The fourth-order valence-electron chi connectivity index (χ4n) is 1.76. The van der Waals surface area contributed by atoms with E-state index in [1.54, 1.807) is 22.8 Å². The highest BCUT2D eigenvalue weighted by atomic mass is 35.5. The van der Waals surface area contributed by atoms with E-state index in [2.05, 4.69) is 27.5 Å². The summed E-state index contributed by atoms with van der Waals surface area (Å²) in [6, 6.07) is 6.85. The average Bonchev–Trinajstić information content (AvgIpc) is 3.13. The van der Waals surface area contributed by atoms with Crippen LogP contribution in [-0.4, -0.2) is 20.8 Å². The third-order valence-corrected chi connectivity index (χ3v) is 4.46. The van der Waals surface area contributed by atoms with E-state index in [1.165, 1.54) is 12.8 Å². The van der Waals surface area contributed by atoms with E-state index < -0.39 is 0 Å². The van der Waals surface area contributed by atoms with E-state index in [0.717, 1.165) is 27.2 Å². The SMILES string of the molecule is Cn1ncnc1Sc1ccc(CNC2CC2)c(Cl)c1. The molecule has 1 fully saturated rings. The van der Waals surface area contributed by atoms with E-state index in [0.29, 0.717) is 6.04 Å². The summed E-state index contributed by atoms with van der Waals surface area (Å²) in [5, 5.41) is 9.19. The average molecular weight is 295 g/mol. The fraction of sp³-hybridized carbons (Fsp3) is 0.385. The first-order valence-corrected chi connectivity index (χ1v) is 7.45. The Labute approximate surface area is 121 Å². The topological polar surface area (TPSA) is 42.7 Å². The van der Waals surface area contributed by atoms with Crippen LogP contribution in [0.3, 0.4) is 0 Å². The molecule has 4 nitrogen and oxygen atoms in total. The number of nitrogens with one attached hydrogen (secondary N) is 1. The molecule has 0 radical (unpaired) electrons. The molecule has 3 rings (SSSR count). The predicted octanol–water partition coefficient (Wildman–Crippen LogP) is 2.87. The maximum absolute atomic E-state index is 6.32. The number of aryl methyl sites for hydroxylation is 1. The number of rotatable bonds is 5. The molecule has 1 aromatic heterocycles. The summed E-state index contributed by atoms with van der Waals surface area (Å²) in [5.74, 6) is 0. The molecule has 100 valence electrons. The molecule has 19 heavy (non-hydrogen) atoms. The molecule has 0 unspecified atom stereocenters. The van der Waals surface area contributed by atoms with Crippen molar-refractivity contribution in [2.45, 2.75) is 35.5 Å². The van der Waals surface area contributed by atoms with Crippen LogP contribution >= 0.6 is 23.4 Å². The van der Waals surface area contributed by atoms with Crippen molar-refractivity contribution in [2.24, 2.45) is 7.05 Å². The van der Waals surface area contributed by atoms with Crippen molar-refractivity contribution in [3.63, 3.8) is 0 Å². The molecule has 0 saturated heterocycles. The first kappa shape index (κ1) is 13.0. The molecule has 2 aromatic rings. The lowest BCUT2D eigenvalue weighted by Crippen LogP contribution is -2.15. The molecule has 0 bridgehead atoms. The third-order valence-electron chi connectivity index (χ3n) is 3.06. The van der Waals surface area contributed by atoms with Gasteiger partial charge in [0.05, 0.1) is 0 Å². The number of hydrogen-bond acceptors (Lipinski definition) is 4. The molecule has 6 heteroatoms. The maximum Gasteiger partial charge on any atom is 0.190 e. The second kappa shape index (κ2) is 5.53. The Kier molecular flexibility index (Phi) is 3.77. The van der Waals surface area contributed by atoms with Crippen LogP contribution in [0.15, 0.2) is 34.6 Å². The second-order valence-electron chi connectivity index (χ2n) is 4.68. The van der Waals surface area contributed by atoms with Gasteiger partial charge in [-0.2, -0.15) is 5.10 Å².